The number of methoxy groups -OCH3 is 1. The van der Waals surface area contributed by atoms with Crippen molar-refractivity contribution in [2.75, 3.05) is 13.7 Å². The average molecular weight is 379 g/mol. The predicted molar refractivity (Wildman–Crippen MR) is 106 cm³/mol. The van der Waals surface area contributed by atoms with Crippen LogP contribution < -0.4 is 10.3 Å². The second-order valence-corrected chi connectivity index (χ2v) is 7.81. The van der Waals surface area contributed by atoms with Crippen LogP contribution in [0, 0.1) is 0 Å². The number of nitrogens with zero attached hydrogens (tertiary/aromatic N) is 5. The Hall–Kier alpha value is -2.67. The van der Waals surface area contributed by atoms with Crippen molar-refractivity contribution in [2.24, 2.45) is 0 Å². The maximum absolute atomic E-state index is 13.0. The summed E-state index contributed by atoms with van der Waals surface area (Å²) in [6, 6.07) is 8.52. The molecule has 5 rings (SSSR count). The molecule has 0 amide bonds. The van der Waals surface area contributed by atoms with Gasteiger partial charge in [0.25, 0.3) is 5.56 Å². The van der Waals surface area contributed by atoms with Gasteiger partial charge in [0.2, 0.25) is 0 Å². The summed E-state index contributed by atoms with van der Waals surface area (Å²) in [6.45, 7) is 2.97. The van der Waals surface area contributed by atoms with Crippen molar-refractivity contribution in [3.63, 3.8) is 0 Å². The van der Waals surface area contributed by atoms with E-state index in [9.17, 15) is 4.79 Å². The summed E-state index contributed by atoms with van der Waals surface area (Å²) in [4.78, 5) is 20.2. The highest BCUT2D eigenvalue weighted by atomic mass is 16.5. The lowest BCUT2D eigenvalue weighted by atomic mass is 10.2. The van der Waals surface area contributed by atoms with Gasteiger partial charge >= 0.3 is 0 Å². The topological polar surface area (TPSA) is 65.2 Å². The van der Waals surface area contributed by atoms with E-state index in [0.29, 0.717) is 24.5 Å². The minimum absolute atomic E-state index is 0.0466. The molecule has 2 aromatic heterocycles. The van der Waals surface area contributed by atoms with Gasteiger partial charge in [0, 0.05) is 19.6 Å². The number of ether oxygens (including phenoxy) is 1. The first-order valence-corrected chi connectivity index (χ1v) is 10.0. The van der Waals surface area contributed by atoms with Gasteiger partial charge < -0.3 is 4.74 Å². The van der Waals surface area contributed by atoms with E-state index < -0.39 is 0 Å². The number of rotatable bonds is 4. The Morgan fingerprint density at radius 3 is 2.89 bits per heavy atom. The Bertz CT molecular complexity index is 1060. The van der Waals surface area contributed by atoms with E-state index in [2.05, 4.69) is 22.1 Å². The van der Waals surface area contributed by atoms with Crippen LogP contribution in [0.4, 0.5) is 0 Å². The Labute approximate surface area is 163 Å². The van der Waals surface area contributed by atoms with Crippen molar-refractivity contribution in [1.29, 1.82) is 0 Å². The van der Waals surface area contributed by atoms with Crippen LogP contribution in [0.25, 0.3) is 11.0 Å². The van der Waals surface area contributed by atoms with E-state index in [1.807, 2.05) is 21.4 Å². The van der Waals surface area contributed by atoms with Crippen LogP contribution in [0.15, 0.2) is 35.3 Å². The molecule has 7 nitrogen and oxygen atoms in total. The van der Waals surface area contributed by atoms with Crippen LogP contribution in [-0.2, 0) is 19.6 Å². The standard InChI is InChI=1S/C21H25N5O2/c1-28-17-8-4-5-15(11-17)13-24-9-10-25-19(14-24)23-20-18(21(25)27)12-22-26(20)16-6-2-3-7-16/h4-5,8,11-12,16H,2-3,6-7,9-10,13-14H2,1H3. The van der Waals surface area contributed by atoms with Crippen LogP contribution in [0.2, 0.25) is 0 Å². The Kier molecular flexibility index (Phi) is 4.39. The molecule has 1 aliphatic carbocycles. The van der Waals surface area contributed by atoms with Gasteiger partial charge in [-0.2, -0.15) is 5.10 Å². The molecule has 0 bridgehead atoms. The van der Waals surface area contributed by atoms with Crippen LogP contribution in [-0.4, -0.2) is 37.9 Å². The first-order valence-electron chi connectivity index (χ1n) is 10.0. The maximum Gasteiger partial charge on any atom is 0.264 e. The first-order chi connectivity index (χ1) is 13.7. The zero-order valence-electron chi connectivity index (χ0n) is 16.2. The molecule has 1 fully saturated rings. The van der Waals surface area contributed by atoms with Crippen molar-refractivity contribution < 1.29 is 4.74 Å². The van der Waals surface area contributed by atoms with Gasteiger partial charge in [-0.25, -0.2) is 9.67 Å². The molecule has 0 radical (unpaired) electrons. The Morgan fingerprint density at radius 1 is 1.21 bits per heavy atom. The lowest BCUT2D eigenvalue weighted by Gasteiger charge is -2.29. The van der Waals surface area contributed by atoms with Gasteiger partial charge in [-0.05, 0) is 30.5 Å². The molecule has 1 aromatic carbocycles. The molecule has 3 aromatic rings. The summed E-state index contributed by atoms with van der Waals surface area (Å²) < 4.78 is 9.15. The van der Waals surface area contributed by atoms with Crippen LogP contribution in [0.5, 0.6) is 5.75 Å². The minimum atomic E-state index is 0.0466. The van der Waals surface area contributed by atoms with E-state index in [1.165, 1.54) is 18.4 Å². The second-order valence-electron chi connectivity index (χ2n) is 7.81. The molecule has 0 unspecified atom stereocenters. The van der Waals surface area contributed by atoms with Gasteiger partial charge in [-0.3, -0.25) is 14.3 Å². The third-order valence-corrected chi connectivity index (χ3v) is 6.01. The van der Waals surface area contributed by atoms with Gasteiger partial charge in [0.15, 0.2) is 5.65 Å². The smallest absolute Gasteiger partial charge is 0.264 e. The normalized spacial score (nSPS) is 17.9. The van der Waals surface area contributed by atoms with E-state index >= 15 is 0 Å². The van der Waals surface area contributed by atoms with E-state index in [0.717, 1.165) is 43.2 Å². The molecule has 1 aliphatic heterocycles. The van der Waals surface area contributed by atoms with Crippen LogP contribution >= 0.6 is 0 Å². The highest BCUT2D eigenvalue weighted by molar-refractivity contribution is 5.73. The third kappa shape index (κ3) is 2.99. The number of fused-ring (bicyclic) bond motifs is 2. The molecular formula is C21H25N5O2. The number of benzene rings is 1. The number of hydrogen-bond acceptors (Lipinski definition) is 5. The highest BCUT2D eigenvalue weighted by Gasteiger charge is 2.25. The Balaban J connectivity index is 1.45. The fourth-order valence-corrected chi connectivity index (χ4v) is 4.52. The van der Waals surface area contributed by atoms with Crippen molar-refractivity contribution in [2.45, 2.75) is 51.4 Å². The highest BCUT2D eigenvalue weighted by Crippen LogP contribution is 2.30. The van der Waals surface area contributed by atoms with E-state index in [1.54, 1.807) is 13.3 Å². The van der Waals surface area contributed by atoms with Crippen molar-refractivity contribution in [3.8, 4) is 5.75 Å². The second kappa shape index (κ2) is 7.05. The lowest BCUT2D eigenvalue weighted by molar-refractivity contribution is 0.204. The summed E-state index contributed by atoms with van der Waals surface area (Å²) in [5.74, 6) is 1.71. The molecule has 0 saturated heterocycles. The number of hydrogen-bond donors (Lipinski definition) is 0. The monoisotopic (exact) mass is 379 g/mol. The van der Waals surface area contributed by atoms with E-state index in [-0.39, 0.29) is 5.56 Å². The van der Waals surface area contributed by atoms with Gasteiger partial charge in [0.05, 0.1) is 25.9 Å². The fraction of sp³-hybridized carbons (Fsp3) is 0.476. The van der Waals surface area contributed by atoms with E-state index in [4.69, 9.17) is 9.72 Å². The van der Waals surface area contributed by atoms with Crippen LogP contribution in [0.3, 0.4) is 0 Å². The molecular weight excluding hydrogens is 354 g/mol. The summed E-state index contributed by atoms with van der Waals surface area (Å²) in [5, 5.41) is 5.18. The SMILES string of the molecule is COc1cccc(CN2CCn3c(nc4c(cnn4C4CCCC4)c3=O)C2)c1. The summed E-state index contributed by atoms with van der Waals surface area (Å²) >= 11 is 0. The number of aromatic nitrogens is 4. The zero-order valence-corrected chi connectivity index (χ0v) is 16.2. The Morgan fingerprint density at radius 2 is 2.07 bits per heavy atom. The third-order valence-electron chi connectivity index (χ3n) is 6.01. The average Bonchev–Trinajstić information content (AvgIpc) is 3.38. The predicted octanol–water partition coefficient (Wildman–Crippen LogP) is 2.73. The van der Waals surface area contributed by atoms with Crippen molar-refractivity contribution >= 4 is 11.0 Å². The van der Waals surface area contributed by atoms with Gasteiger partial charge in [0.1, 0.15) is 17.0 Å². The van der Waals surface area contributed by atoms with Gasteiger partial charge in [-0.15, -0.1) is 0 Å². The van der Waals surface area contributed by atoms with Crippen molar-refractivity contribution in [3.05, 3.63) is 52.2 Å². The first kappa shape index (κ1) is 17.4. The fourth-order valence-electron chi connectivity index (χ4n) is 4.52. The molecule has 0 N–H and O–H groups in total. The molecule has 2 aliphatic rings. The molecule has 28 heavy (non-hydrogen) atoms. The van der Waals surface area contributed by atoms with Crippen molar-refractivity contribution in [1.82, 2.24) is 24.2 Å². The molecule has 0 atom stereocenters. The quantitative estimate of drug-likeness (QED) is 0.697. The maximum atomic E-state index is 13.0. The van der Waals surface area contributed by atoms with Gasteiger partial charge in [-0.1, -0.05) is 25.0 Å². The minimum Gasteiger partial charge on any atom is -0.497 e. The van der Waals surface area contributed by atoms with Crippen LogP contribution in [0.1, 0.15) is 43.1 Å². The zero-order chi connectivity index (χ0) is 19.1. The largest absolute Gasteiger partial charge is 0.497 e. The summed E-state index contributed by atoms with van der Waals surface area (Å²) in [6.07, 6.45) is 6.41. The summed E-state index contributed by atoms with van der Waals surface area (Å²) in [5.41, 5.74) is 2.00. The lowest BCUT2D eigenvalue weighted by Crippen LogP contribution is -2.39. The molecule has 3 heterocycles. The molecule has 0 spiro atoms. The molecule has 146 valence electrons. The molecule has 7 heteroatoms. The summed E-state index contributed by atoms with van der Waals surface area (Å²) in [7, 11) is 1.69. The molecule has 1 saturated carbocycles.